The first-order chi connectivity index (χ1) is 9.43. The third-order valence-corrected chi connectivity index (χ3v) is 6.18. The molecular formula is C17H22OSi. The van der Waals surface area contributed by atoms with Crippen molar-refractivity contribution in [2.24, 2.45) is 0 Å². The molecule has 1 aliphatic rings. The second-order valence-corrected chi connectivity index (χ2v) is 7.71. The fraction of sp³-hybridized carbons (Fsp3) is 0.412. The Morgan fingerprint density at radius 2 is 1.95 bits per heavy atom. The van der Waals surface area contributed by atoms with Crippen molar-refractivity contribution in [3.05, 3.63) is 48.0 Å². The lowest BCUT2D eigenvalue weighted by atomic mass is 10.0. The van der Waals surface area contributed by atoms with Gasteiger partial charge in [-0.05, 0) is 42.0 Å². The first kappa shape index (κ1) is 12.9. The molecule has 3 rings (SSSR count). The van der Waals surface area contributed by atoms with Crippen LogP contribution in [0.3, 0.4) is 0 Å². The zero-order valence-corrected chi connectivity index (χ0v) is 12.9. The summed E-state index contributed by atoms with van der Waals surface area (Å²) in [5.74, 6) is 0. The van der Waals surface area contributed by atoms with Gasteiger partial charge in [0.2, 0.25) is 0 Å². The number of hydrogen-bond acceptors (Lipinski definition) is 1. The molecule has 2 aromatic carbocycles. The molecule has 1 heterocycles. The first-order valence-corrected chi connectivity index (χ1v) is 9.33. The normalized spacial score (nSPS) is 20.3. The van der Waals surface area contributed by atoms with E-state index in [1.807, 2.05) is 0 Å². The van der Waals surface area contributed by atoms with E-state index < -0.39 is 0 Å². The third-order valence-electron chi connectivity index (χ3n) is 4.13. The van der Waals surface area contributed by atoms with Gasteiger partial charge in [-0.3, -0.25) is 0 Å². The molecular weight excluding hydrogens is 248 g/mol. The zero-order chi connectivity index (χ0) is 12.9. The van der Waals surface area contributed by atoms with Crippen LogP contribution in [0.15, 0.2) is 42.5 Å². The standard InChI is InChI=1S/C17H22OSi/c1-2-9-16-14(6-1)7-5-8-15(16)11-13-19-17-10-3-4-12-18-17/h1-2,5-9,17H,3-4,10-13,19H2. The van der Waals surface area contributed by atoms with Crippen LogP contribution in [0.4, 0.5) is 0 Å². The van der Waals surface area contributed by atoms with Gasteiger partial charge in [-0.1, -0.05) is 48.5 Å². The highest BCUT2D eigenvalue weighted by Crippen LogP contribution is 2.20. The van der Waals surface area contributed by atoms with E-state index in [-0.39, 0.29) is 9.52 Å². The largest absolute Gasteiger partial charge is 0.382 e. The summed E-state index contributed by atoms with van der Waals surface area (Å²) in [6.07, 6.45) is 5.20. The van der Waals surface area contributed by atoms with Crippen LogP contribution >= 0.6 is 0 Å². The molecule has 0 aliphatic carbocycles. The Bertz CT molecular complexity index is 526. The quantitative estimate of drug-likeness (QED) is 0.773. The van der Waals surface area contributed by atoms with Gasteiger partial charge in [0.15, 0.2) is 0 Å². The summed E-state index contributed by atoms with van der Waals surface area (Å²) in [5, 5.41) is 2.80. The molecule has 0 bridgehead atoms. The molecule has 1 aliphatic heterocycles. The predicted octanol–water partition coefficient (Wildman–Crippen LogP) is 3.50. The van der Waals surface area contributed by atoms with Crippen LogP contribution in [0.5, 0.6) is 0 Å². The zero-order valence-electron chi connectivity index (χ0n) is 11.5. The topological polar surface area (TPSA) is 9.23 Å². The minimum absolute atomic E-state index is 0.0668. The van der Waals surface area contributed by atoms with Crippen LogP contribution in [0, 0.1) is 0 Å². The van der Waals surface area contributed by atoms with Gasteiger partial charge < -0.3 is 4.74 Å². The third kappa shape index (κ3) is 3.25. The van der Waals surface area contributed by atoms with Gasteiger partial charge in [0.05, 0.1) is 9.52 Å². The molecule has 1 fully saturated rings. The number of fused-ring (bicyclic) bond motifs is 1. The average Bonchev–Trinajstić information content (AvgIpc) is 2.49. The maximum atomic E-state index is 5.87. The molecule has 0 radical (unpaired) electrons. The summed E-state index contributed by atoms with van der Waals surface area (Å²) in [7, 11) is -0.0668. The molecule has 2 heteroatoms. The van der Waals surface area contributed by atoms with Crippen molar-refractivity contribution < 1.29 is 4.74 Å². The Morgan fingerprint density at radius 1 is 1.05 bits per heavy atom. The Kier molecular flexibility index (Phi) is 4.31. The summed E-state index contributed by atoms with van der Waals surface area (Å²) in [4.78, 5) is 0. The summed E-state index contributed by atoms with van der Waals surface area (Å²) >= 11 is 0. The molecule has 0 amide bonds. The fourth-order valence-electron chi connectivity index (χ4n) is 3.07. The molecule has 0 spiro atoms. The van der Waals surface area contributed by atoms with Crippen molar-refractivity contribution in [1.29, 1.82) is 0 Å². The highest BCUT2D eigenvalue weighted by molar-refractivity contribution is 6.37. The van der Waals surface area contributed by atoms with Gasteiger partial charge in [0, 0.05) is 12.3 Å². The van der Waals surface area contributed by atoms with Crippen LogP contribution in [-0.2, 0) is 11.2 Å². The van der Waals surface area contributed by atoms with Gasteiger partial charge in [-0.2, -0.15) is 0 Å². The second-order valence-electron chi connectivity index (χ2n) is 5.52. The van der Waals surface area contributed by atoms with Gasteiger partial charge in [0.25, 0.3) is 0 Å². The maximum absolute atomic E-state index is 5.87. The average molecular weight is 270 g/mol. The molecule has 1 atom stereocenters. The van der Waals surface area contributed by atoms with Crippen LogP contribution in [0.2, 0.25) is 6.04 Å². The lowest BCUT2D eigenvalue weighted by Crippen LogP contribution is -2.25. The lowest BCUT2D eigenvalue weighted by Gasteiger charge is -2.22. The van der Waals surface area contributed by atoms with Crippen LogP contribution in [0.25, 0.3) is 10.8 Å². The second kappa shape index (κ2) is 6.35. The van der Waals surface area contributed by atoms with Crippen molar-refractivity contribution >= 4 is 20.3 Å². The molecule has 0 saturated carbocycles. The van der Waals surface area contributed by atoms with E-state index in [1.54, 1.807) is 0 Å². The number of benzene rings is 2. The molecule has 1 nitrogen and oxygen atoms in total. The van der Waals surface area contributed by atoms with E-state index in [1.165, 1.54) is 48.1 Å². The van der Waals surface area contributed by atoms with Gasteiger partial charge in [0.1, 0.15) is 0 Å². The minimum atomic E-state index is -0.0668. The minimum Gasteiger partial charge on any atom is -0.382 e. The van der Waals surface area contributed by atoms with E-state index in [0.29, 0.717) is 5.73 Å². The highest BCUT2D eigenvalue weighted by atomic mass is 28.2. The van der Waals surface area contributed by atoms with E-state index >= 15 is 0 Å². The highest BCUT2D eigenvalue weighted by Gasteiger charge is 2.13. The monoisotopic (exact) mass is 270 g/mol. The molecule has 2 aromatic rings. The van der Waals surface area contributed by atoms with E-state index in [0.717, 1.165) is 6.61 Å². The van der Waals surface area contributed by atoms with Crippen molar-refractivity contribution in [1.82, 2.24) is 0 Å². The first-order valence-electron chi connectivity index (χ1n) is 7.52. The summed E-state index contributed by atoms with van der Waals surface area (Å²) in [5.41, 5.74) is 2.17. The maximum Gasteiger partial charge on any atom is 0.0559 e. The van der Waals surface area contributed by atoms with E-state index in [4.69, 9.17) is 4.74 Å². The molecule has 1 saturated heterocycles. The summed E-state index contributed by atoms with van der Waals surface area (Å²) in [6.45, 7) is 1.01. The molecule has 0 aromatic heterocycles. The fourth-order valence-corrected chi connectivity index (χ4v) is 5.02. The van der Waals surface area contributed by atoms with Crippen LogP contribution < -0.4 is 0 Å². The van der Waals surface area contributed by atoms with Crippen molar-refractivity contribution in [2.45, 2.75) is 37.5 Å². The summed E-state index contributed by atoms with van der Waals surface area (Å²) < 4.78 is 5.87. The van der Waals surface area contributed by atoms with Crippen molar-refractivity contribution in [2.75, 3.05) is 6.61 Å². The molecule has 19 heavy (non-hydrogen) atoms. The van der Waals surface area contributed by atoms with Gasteiger partial charge in [-0.15, -0.1) is 0 Å². The Hall–Kier alpha value is -1.12. The lowest BCUT2D eigenvalue weighted by molar-refractivity contribution is 0.0650. The van der Waals surface area contributed by atoms with Gasteiger partial charge in [-0.25, -0.2) is 0 Å². The number of hydrogen-bond donors (Lipinski definition) is 0. The van der Waals surface area contributed by atoms with E-state index in [9.17, 15) is 0 Å². The number of rotatable bonds is 4. The Balaban J connectivity index is 1.62. The number of ether oxygens (including phenoxy) is 1. The Labute approximate surface area is 117 Å². The smallest absolute Gasteiger partial charge is 0.0559 e. The van der Waals surface area contributed by atoms with Gasteiger partial charge >= 0.3 is 0 Å². The predicted molar refractivity (Wildman–Crippen MR) is 84.6 cm³/mol. The molecule has 0 N–H and O–H groups in total. The molecule has 1 unspecified atom stereocenters. The SMILES string of the molecule is c1ccc2c(CC[SiH2]C3CCCCO3)cccc2c1. The molecule has 100 valence electrons. The van der Waals surface area contributed by atoms with E-state index in [2.05, 4.69) is 42.5 Å². The van der Waals surface area contributed by atoms with Crippen LogP contribution in [0.1, 0.15) is 24.8 Å². The van der Waals surface area contributed by atoms with Crippen LogP contribution in [-0.4, -0.2) is 21.9 Å². The number of aryl methyl sites for hydroxylation is 1. The Morgan fingerprint density at radius 3 is 2.84 bits per heavy atom. The van der Waals surface area contributed by atoms with Crippen molar-refractivity contribution in [3.63, 3.8) is 0 Å². The summed E-state index contributed by atoms with van der Waals surface area (Å²) in [6, 6.07) is 16.8. The van der Waals surface area contributed by atoms with Crippen molar-refractivity contribution in [3.8, 4) is 0 Å².